The van der Waals surface area contributed by atoms with Gasteiger partial charge in [0.2, 0.25) is 0 Å². The Morgan fingerprint density at radius 3 is 1.83 bits per heavy atom. The van der Waals surface area contributed by atoms with E-state index in [4.69, 9.17) is 9.47 Å². The van der Waals surface area contributed by atoms with Gasteiger partial charge in [0.05, 0.1) is 19.5 Å². The van der Waals surface area contributed by atoms with Crippen LogP contribution in [-0.4, -0.2) is 52.9 Å². The molecule has 172 valence electrons. The maximum Gasteiger partial charge on any atom is 0.149 e. The number of allylic oxidation sites excluding steroid dienone is 1. The molecule has 5 nitrogen and oxygen atoms in total. The van der Waals surface area contributed by atoms with Crippen LogP contribution >= 0.6 is 0 Å². The van der Waals surface area contributed by atoms with Gasteiger partial charge in [-0.3, -0.25) is 0 Å². The molecule has 0 unspecified atom stereocenters. The van der Waals surface area contributed by atoms with E-state index in [2.05, 4.69) is 6.92 Å². The number of aliphatic hydroxyl groups excluding tert-OH is 3. The van der Waals surface area contributed by atoms with Gasteiger partial charge in [-0.05, 0) is 18.9 Å². The molecule has 5 heteroatoms. The van der Waals surface area contributed by atoms with Crippen LogP contribution in [0, 0.1) is 0 Å². The maximum atomic E-state index is 9.81. The molecule has 3 N–H and O–H groups in total. The summed E-state index contributed by atoms with van der Waals surface area (Å²) in [6.07, 6.45) is 20.2. The monoisotopic (exact) mass is 414 g/mol. The predicted molar refractivity (Wildman–Crippen MR) is 118 cm³/mol. The van der Waals surface area contributed by atoms with E-state index in [1.54, 1.807) is 6.26 Å². The lowest BCUT2D eigenvalue weighted by Gasteiger charge is -2.23. The lowest BCUT2D eigenvalue weighted by Crippen LogP contribution is -2.41. The molecule has 0 aliphatic carbocycles. The van der Waals surface area contributed by atoms with Crippen molar-refractivity contribution in [1.82, 2.24) is 0 Å². The Bertz CT molecular complexity index is 387. The van der Waals surface area contributed by atoms with Crippen molar-refractivity contribution in [2.24, 2.45) is 0 Å². The van der Waals surface area contributed by atoms with Gasteiger partial charge >= 0.3 is 0 Å². The molecular formula is C24H46O5. The van der Waals surface area contributed by atoms with E-state index in [1.165, 1.54) is 83.5 Å². The molecule has 0 amide bonds. The summed E-state index contributed by atoms with van der Waals surface area (Å²) < 4.78 is 10.8. The van der Waals surface area contributed by atoms with E-state index in [-0.39, 0.29) is 13.2 Å². The Hall–Kier alpha value is -0.620. The van der Waals surface area contributed by atoms with E-state index in [0.29, 0.717) is 0 Å². The first-order valence-corrected chi connectivity index (χ1v) is 12.1. The van der Waals surface area contributed by atoms with Gasteiger partial charge < -0.3 is 24.8 Å². The summed E-state index contributed by atoms with van der Waals surface area (Å²) in [6, 6.07) is 0. The van der Waals surface area contributed by atoms with Crippen LogP contribution in [0.25, 0.3) is 0 Å². The summed E-state index contributed by atoms with van der Waals surface area (Å²) >= 11 is 0. The van der Waals surface area contributed by atoms with Crippen molar-refractivity contribution >= 4 is 0 Å². The summed E-state index contributed by atoms with van der Waals surface area (Å²) in [7, 11) is 0. The van der Waals surface area contributed by atoms with Crippen molar-refractivity contribution in [3.05, 3.63) is 12.3 Å². The largest absolute Gasteiger partial charge is 0.493 e. The second kappa shape index (κ2) is 18.2. The summed E-state index contributed by atoms with van der Waals surface area (Å²) in [5, 5.41) is 28.7. The SMILES string of the molecule is CCCCCCCCCCCCCCCC/C=C/O[C@H](CO)[C@H]1OC[C@H](O)[C@H]1O. The smallest absolute Gasteiger partial charge is 0.149 e. The quantitative estimate of drug-likeness (QED) is 0.208. The molecule has 0 aromatic carbocycles. The second-order valence-electron chi connectivity index (χ2n) is 8.47. The van der Waals surface area contributed by atoms with Gasteiger partial charge in [-0.2, -0.15) is 0 Å². The van der Waals surface area contributed by atoms with Crippen LogP contribution in [0.5, 0.6) is 0 Å². The van der Waals surface area contributed by atoms with E-state index in [9.17, 15) is 15.3 Å². The summed E-state index contributed by atoms with van der Waals surface area (Å²) in [6.45, 7) is 2.10. The van der Waals surface area contributed by atoms with Crippen LogP contribution < -0.4 is 0 Å². The van der Waals surface area contributed by atoms with Gasteiger partial charge in [-0.1, -0.05) is 90.4 Å². The lowest BCUT2D eigenvalue weighted by atomic mass is 10.0. The van der Waals surface area contributed by atoms with Crippen LogP contribution in [0.1, 0.15) is 103 Å². The average molecular weight is 415 g/mol. The summed E-state index contributed by atoms with van der Waals surface area (Å²) in [4.78, 5) is 0. The highest BCUT2D eigenvalue weighted by molar-refractivity contribution is 4.90. The molecule has 1 fully saturated rings. The first-order valence-electron chi connectivity index (χ1n) is 12.1. The highest BCUT2D eigenvalue weighted by Gasteiger charge is 2.40. The first kappa shape index (κ1) is 26.4. The minimum atomic E-state index is -1.01. The fraction of sp³-hybridized carbons (Fsp3) is 0.917. The lowest BCUT2D eigenvalue weighted by molar-refractivity contribution is -0.0737. The third-order valence-electron chi connectivity index (χ3n) is 5.81. The number of unbranched alkanes of at least 4 members (excludes halogenated alkanes) is 14. The molecule has 0 aromatic rings. The molecule has 0 spiro atoms. The molecule has 0 aromatic heterocycles. The third-order valence-corrected chi connectivity index (χ3v) is 5.81. The van der Waals surface area contributed by atoms with Crippen molar-refractivity contribution < 1.29 is 24.8 Å². The van der Waals surface area contributed by atoms with Crippen molar-refractivity contribution in [3.8, 4) is 0 Å². The van der Waals surface area contributed by atoms with Crippen molar-refractivity contribution in [3.63, 3.8) is 0 Å². The van der Waals surface area contributed by atoms with Crippen molar-refractivity contribution in [1.29, 1.82) is 0 Å². The minimum absolute atomic E-state index is 0.0778. The zero-order valence-electron chi connectivity index (χ0n) is 18.6. The molecule has 29 heavy (non-hydrogen) atoms. The van der Waals surface area contributed by atoms with E-state index in [0.717, 1.165) is 12.8 Å². The Morgan fingerprint density at radius 2 is 1.38 bits per heavy atom. The number of aliphatic hydroxyl groups is 3. The molecule has 1 saturated heterocycles. The van der Waals surface area contributed by atoms with Gasteiger partial charge in [0.15, 0.2) is 0 Å². The van der Waals surface area contributed by atoms with Crippen LogP contribution in [0.15, 0.2) is 12.3 Å². The Labute approximate surface area is 178 Å². The fourth-order valence-corrected chi connectivity index (χ4v) is 3.86. The second-order valence-corrected chi connectivity index (χ2v) is 8.47. The highest BCUT2D eigenvalue weighted by atomic mass is 16.6. The normalized spacial score (nSPS) is 23.1. The first-order chi connectivity index (χ1) is 14.2. The molecular weight excluding hydrogens is 368 g/mol. The highest BCUT2D eigenvalue weighted by Crippen LogP contribution is 2.20. The molecule has 1 heterocycles. The van der Waals surface area contributed by atoms with Gasteiger partial charge in [0.25, 0.3) is 0 Å². The predicted octanol–water partition coefficient (Wildman–Crippen LogP) is 4.87. The summed E-state index contributed by atoms with van der Waals surface area (Å²) in [5.74, 6) is 0. The third kappa shape index (κ3) is 12.6. The van der Waals surface area contributed by atoms with Gasteiger partial charge in [-0.25, -0.2) is 0 Å². The molecule has 0 radical (unpaired) electrons. The molecule has 0 bridgehead atoms. The molecule has 0 saturated carbocycles. The van der Waals surface area contributed by atoms with Crippen molar-refractivity contribution in [2.45, 2.75) is 128 Å². The maximum absolute atomic E-state index is 9.81. The van der Waals surface area contributed by atoms with Gasteiger partial charge in [0, 0.05) is 0 Å². The van der Waals surface area contributed by atoms with E-state index in [1.807, 2.05) is 6.08 Å². The van der Waals surface area contributed by atoms with E-state index >= 15 is 0 Å². The van der Waals surface area contributed by atoms with Crippen LogP contribution in [-0.2, 0) is 9.47 Å². The number of ether oxygens (including phenoxy) is 2. The average Bonchev–Trinajstić information content (AvgIpc) is 3.06. The Balaban J connectivity index is 1.87. The number of hydrogen-bond donors (Lipinski definition) is 3. The molecule has 1 rings (SSSR count). The number of hydrogen-bond acceptors (Lipinski definition) is 5. The Morgan fingerprint density at radius 1 is 0.862 bits per heavy atom. The standard InChI is InChI=1S/C24H46O5/c1-2-3-4-5-6-7-8-9-10-11-12-13-14-15-16-17-18-28-22(19-25)24-23(27)21(26)20-29-24/h17-18,21-27H,2-16,19-20H2,1H3/b18-17+/t21-,22+,23+,24+/m0/s1. The van der Waals surface area contributed by atoms with Gasteiger partial charge in [0.1, 0.15) is 24.4 Å². The van der Waals surface area contributed by atoms with Crippen LogP contribution in [0.3, 0.4) is 0 Å². The summed E-state index contributed by atoms with van der Waals surface area (Å²) in [5.41, 5.74) is 0. The van der Waals surface area contributed by atoms with Crippen LogP contribution in [0.2, 0.25) is 0 Å². The zero-order valence-corrected chi connectivity index (χ0v) is 18.6. The van der Waals surface area contributed by atoms with E-state index < -0.39 is 24.4 Å². The topological polar surface area (TPSA) is 79.2 Å². The minimum Gasteiger partial charge on any atom is -0.493 e. The Kier molecular flexibility index (Phi) is 16.6. The molecule has 4 atom stereocenters. The van der Waals surface area contributed by atoms with Crippen LogP contribution in [0.4, 0.5) is 0 Å². The molecule has 1 aliphatic rings. The number of rotatable bonds is 19. The molecule has 1 aliphatic heterocycles. The van der Waals surface area contributed by atoms with Gasteiger partial charge in [-0.15, -0.1) is 0 Å². The zero-order chi connectivity index (χ0) is 21.2. The fourth-order valence-electron chi connectivity index (χ4n) is 3.86. The van der Waals surface area contributed by atoms with Crippen molar-refractivity contribution in [2.75, 3.05) is 13.2 Å².